The third-order valence-corrected chi connectivity index (χ3v) is 3.12. The minimum atomic E-state index is -2.09. The summed E-state index contributed by atoms with van der Waals surface area (Å²) >= 11 is -2.09. The van der Waals surface area contributed by atoms with Crippen LogP contribution in [0.4, 0.5) is 0 Å². The second-order valence-electron chi connectivity index (χ2n) is 2.49. The standard InChI is InChI=1S/C4H9N.2ClH.Nb/c1-4(2,3)5;;;/h1-3H3;2*1H;/q;;;+2/p-2. The van der Waals surface area contributed by atoms with Gasteiger partial charge in [0.2, 0.25) is 0 Å². The first kappa shape index (κ1) is 9.12. The molecule has 0 atom stereocenters. The van der Waals surface area contributed by atoms with Crippen molar-refractivity contribution in [1.82, 2.24) is 0 Å². The van der Waals surface area contributed by atoms with E-state index in [2.05, 4.69) is 3.34 Å². The third kappa shape index (κ3) is 7.12. The average Bonchev–Trinajstić information content (AvgIpc) is 1.21. The van der Waals surface area contributed by atoms with Crippen LogP contribution < -0.4 is 0 Å². The quantitative estimate of drug-likeness (QED) is 0.572. The van der Waals surface area contributed by atoms with Gasteiger partial charge in [0.15, 0.2) is 0 Å². The fourth-order valence-electron chi connectivity index (χ4n) is 0.227. The Morgan fingerprint density at radius 1 is 1.25 bits per heavy atom. The van der Waals surface area contributed by atoms with Gasteiger partial charge < -0.3 is 0 Å². The molecule has 0 spiro atoms. The van der Waals surface area contributed by atoms with E-state index in [9.17, 15) is 0 Å². The zero-order valence-electron chi connectivity index (χ0n) is 5.15. The van der Waals surface area contributed by atoms with E-state index in [4.69, 9.17) is 18.4 Å². The molecule has 0 aliphatic rings. The molecule has 0 heterocycles. The zero-order valence-corrected chi connectivity index (χ0v) is 8.86. The van der Waals surface area contributed by atoms with Gasteiger partial charge in [-0.2, -0.15) is 0 Å². The Hall–Kier alpha value is 1.12. The Morgan fingerprint density at radius 3 is 1.62 bits per heavy atom. The van der Waals surface area contributed by atoms with E-state index in [-0.39, 0.29) is 5.54 Å². The minimum absolute atomic E-state index is 0.0354. The van der Waals surface area contributed by atoms with Gasteiger partial charge in [-0.1, -0.05) is 0 Å². The van der Waals surface area contributed by atoms with Crippen molar-refractivity contribution in [3.05, 3.63) is 0 Å². The first-order chi connectivity index (χ1) is 3.42. The summed E-state index contributed by atoms with van der Waals surface area (Å²) in [6.45, 7) is 5.98. The molecule has 0 amide bonds. The summed E-state index contributed by atoms with van der Waals surface area (Å²) in [5.74, 6) is 0. The molecule has 49 valence electrons. The van der Waals surface area contributed by atoms with Crippen LogP contribution in [0, 0.1) is 0 Å². The van der Waals surface area contributed by atoms with Crippen LogP contribution in [-0.4, -0.2) is 5.54 Å². The van der Waals surface area contributed by atoms with Crippen molar-refractivity contribution < 1.29 is 16.1 Å². The van der Waals surface area contributed by atoms with Crippen molar-refractivity contribution in [2.45, 2.75) is 26.3 Å². The van der Waals surface area contributed by atoms with Gasteiger partial charge >= 0.3 is 64.1 Å². The van der Waals surface area contributed by atoms with Gasteiger partial charge in [0.05, 0.1) is 0 Å². The van der Waals surface area contributed by atoms with Crippen LogP contribution in [0.25, 0.3) is 0 Å². The molecule has 1 nitrogen and oxygen atoms in total. The van der Waals surface area contributed by atoms with Crippen molar-refractivity contribution in [3.63, 3.8) is 0 Å². The topological polar surface area (TPSA) is 12.4 Å². The van der Waals surface area contributed by atoms with Crippen LogP contribution in [0.5, 0.6) is 0 Å². The van der Waals surface area contributed by atoms with Crippen LogP contribution in [-0.2, 0) is 16.1 Å². The van der Waals surface area contributed by atoms with Crippen LogP contribution >= 0.6 is 18.4 Å². The van der Waals surface area contributed by atoms with Crippen LogP contribution in [0.2, 0.25) is 0 Å². The van der Waals surface area contributed by atoms with E-state index in [0.29, 0.717) is 0 Å². The normalized spacial score (nSPS) is 11.1. The molecule has 0 aliphatic carbocycles. The van der Waals surface area contributed by atoms with E-state index < -0.39 is 16.1 Å². The van der Waals surface area contributed by atoms with Crippen molar-refractivity contribution in [1.29, 1.82) is 0 Å². The Bertz CT molecular complexity index is 101. The Morgan fingerprint density at radius 2 is 1.62 bits per heavy atom. The summed E-state index contributed by atoms with van der Waals surface area (Å²) in [5.41, 5.74) is -0.0354. The summed E-state index contributed by atoms with van der Waals surface area (Å²) in [6.07, 6.45) is 0. The van der Waals surface area contributed by atoms with Gasteiger partial charge in [-0.25, -0.2) is 0 Å². The van der Waals surface area contributed by atoms with E-state index in [1.165, 1.54) is 0 Å². The molecule has 0 aromatic carbocycles. The molecule has 0 N–H and O–H groups in total. The number of nitrogens with zero attached hydrogens (tertiary/aromatic N) is 1. The maximum absolute atomic E-state index is 5.54. The average molecular weight is 235 g/mol. The summed E-state index contributed by atoms with van der Waals surface area (Å²) in [6, 6.07) is 0. The van der Waals surface area contributed by atoms with Crippen molar-refractivity contribution in [3.8, 4) is 0 Å². The molecule has 0 aromatic rings. The number of rotatable bonds is 0. The van der Waals surface area contributed by atoms with Crippen LogP contribution in [0.1, 0.15) is 20.8 Å². The van der Waals surface area contributed by atoms with Gasteiger partial charge in [0.25, 0.3) is 0 Å². The van der Waals surface area contributed by atoms with Gasteiger partial charge in [-0.3, -0.25) is 0 Å². The van der Waals surface area contributed by atoms with Crippen LogP contribution in [0.15, 0.2) is 3.34 Å². The third-order valence-electron chi connectivity index (χ3n) is 0.376. The Kier molecular flexibility index (Phi) is 3.80. The van der Waals surface area contributed by atoms with Gasteiger partial charge in [-0.05, 0) is 0 Å². The van der Waals surface area contributed by atoms with Crippen molar-refractivity contribution >= 4 is 18.4 Å². The van der Waals surface area contributed by atoms with Crippen molar-refractivity contribution in [2.24, 2.45) is 3.34 Å². The van der Waals surface area contributed by atoms with Gasteiger partial charge in [0.1, 0.15) is 0 Å². The summed E-state index contributed by atoms with van der Waals surface area (Å²) in [7, 11) is 11.1. The predicted molar refractivity (Wildman–Crippen MR) is 33.9 cm³/mol. The molecule has 0 saturated heterocycles. The Balaban J connectivity index is 3.89. The van der Waals surface area contributed by atoms with Gasteiger partial charge in [-0.15, -0.1) is 0 Å². The molecular formula is C4H9Cl2NNb. The summed E-state index contributed by atoms with van der Waals surface area (Å²) in [5, 5.41) is 0. The monoisotopic (exact) mass is 234 g/mol. The molecular weight excluding hydrogens is 226 g/mol. The SMILES string of the molecule is CC(C)(C)[N]=[Nb]([Cl])[Cl]. The molecule has 0 saturated carbocycles. The van der Waals surface area contributed by atoms with Gasteiger partial charge in [0, 0.05) is 0 Å². The second kappa shape index (κ2) is 3.33. The zero-order chi connectivity index (χ0) is 6.78. The van der Waals surface area contributed by atoms with Crippen molar-refractivity contribution in [2.75, 3.05) is 0 Å². The molecule has 0 rings (SSSR count). The fraction of sp³-hybridized carbons (Fsp3) is 1.00. The van der Waals surface area contributed by atoms with E-state index >= 15 is 0 Å². The summed E-state index contributed by atoms with van der Waals surface area (Å²) in [4.78, 5) is 0. The molecule has 0 radical (unpaired) electrons. The first-order valence-electron chi connectivity index (χ1n) is 2.26. The molecule has 0 aromatic heterocycles. The van der Waals surface area contributed by atoms with Crippen LogP contribution in [0.3, 0.4) is 0 Å². The maximum atomic E-state index is 5.54. The number of hydrogen-bond acceptors (Lipinski definition) is 1. The van der Waals surface area contributed by atoms with E-state index in [1.54, 1.807) is 0 Å². The number of hydrogen-bond donors (Lipinski definition) is 0. The molecule has 0 bridgehead atoms. The Labute approximate surface area is 64.0 Å². The van der Waals surface area contributed by atoms with E-state index in [0.717, 1.165) is 0 Å². The second-order valence-corrected chi connectivity index (χ2v) is 8.85. The molecule has 8 heavy (non-hydrogen) atoms. The molecule has 0 unspecified atom stereocenters. The molecule has 4 heteroatoms. The fourth-order valence-corrected chi connectivity index (χ4v) is 4.02. The summed E-state index contributed by atoms with van der Waals surface area (Å²) < 4.78 is 4.12. The molecule has 0 fully saturated rings. The first-order valence-corrected chi connectivity index (χ1v) is 8.91. The number of halogens is 2. The van der Waals surface area contributed by atoms with E-state index in [1.807, 2.05) is 20.8 Å². The molecule has 0 aliphatic heterocycles. The predicted octanol–water partition coefficient (Wildman–Crippen LogP) is 2.89.